The van der Waals surface area contributed by atoms with E-state index >= 15 is 0 Å². The number of aliphatic hydroxyl groups is 1. The van der Waals surface area contributed by atoms with E-state index in [1.807, 2.05) is 6.92 Å². The first kappa shape index (κ1) is 18.8. The van der Waals surface area contributed by atoms with E-state index in [9.17, 15) is 9.90 Å². The quantitative estimate of drug-likeness (QED) is 0.706. The largest absolute Gasteiger partial charge is 0.463 e. The van der Waals surface area contributed by atoms with Crippen LogP contribution in [0.2, 0.25) is 0 Å². The van der Waals surface area contributed by atoms with Crippen LogP contribution in [0.15, 0.2) is 0 Å². The number of hydrogen-bond acceptors (Lipinski definition) is 3. The summed E-state index contributed by atoms with van der Waals surface area (Å²) < 4.78 is 5.58. The third-order valence-corrected chi connectivity index (χ3v) is 9.61. The van der Waals surface area contributed by atoms with Gasteiger partial charge in [0.15, 0.2) is 0 Å². The van der Waals surface area contributed by atoms with Crippen LogP contribution in [-0.2, 0) is 9.53 Å². The molecule has 4 aliphatic rings. The number of hydrogen-bond donors (Lipinski definition) is 1. The summed E-state index contributed by atoms with van der Waals surface area (Å²) in [6.07, 6.45) is 11.2. The normalized spacial score (nSPS) is 51.7. The lowest BCUT2D eigenvalue weighted by molar-refractivity contribution is -0.161. The SMILES string of the molecule is CC(=O)OC1CCC2(C)C3CCC4(C)C(C(C)O)CCC4C3CC[C@H]2C1. The molecule has 0 spiro atoms. The molecule has 0 bridgehead atoms. The Balaban J connectivity index is 1.53. The number of carbonyl (C=O) groups is 1. The standard InChI is InChI=1S/C23H38O3/c1-14(24)19-7-8-20-18-6-5-16-13-17(26-15(2)25)9-11-22(16,3)21(18)10-12-23(19,20)4/h14,16-21,24H,5-13H2,1-4H3/t14?,16-,17?,18?,19?,20?,21?,22?,23?/m0/s1. The van der Waals surface area contributed by atoms with Crippen molar-refractivity contribution in [3.05, 3.63) is 0 Å². The van der Waals surface area contributed by atoms with Crippen molar-refractivity contribution in [1.29, 1.82) is 0 Å². The molecule has 0 aromatic rings. The molecule has 0 aromatic heterocycles. The summed E-state index contributed by atoms with van der Waals surface area (Å²) in [7, 11) is 0. The van der Waals surface area contributed by atoms with Crippen LogP contribution in [0.1, 0.15) is 85.5 Å². The highest BCUT2D eigenvalue weighted by Gasteiger charge is 2.60. The highest BCUT2D eigenvalue weighted by molar-refractivity contribution is 5.66. The summed E-state index contributed by atoms with van der Waals surface area (Å²) in [4.78, 5) is 11.4. The van der Waals surface area contributed by atoms with Gasteiger partial charge in [-0.3, -0.25) is 4.79 Å². The van der Waals surface area contributed by atoms with Crippen molar-refractivity contribution >= 4 is 5.97 Å². The Hall–Kier alpha value is -0.570. The summed E-state index contributed by atoms with van der Waals surface area (Å²) in [6.45, 7) is 8.61. The van der Waals surface area contributed by atoms with E-state index in [1.165, 1.54) is 44.9 Å². The van der Waals surface area contributed by atoms with Crippen molar-refractivity contribution in [2.24, 2.45) is 40.4 Å². The zero-order valence-electron chi connectivity index (χ0n) is 17.2. The topological polar surface area (TPSA) is 46.5 Å². The van der Waals surface area contributed by atoms with Gasteiger partial charge >= 0.3 is 5.97 Å². The molecule has 4 rings (SSSR count). The molecule has 0 saturated heterocycles. The van der Waals surface area contributed by atoms with Crippen LogP contribution in [0.25, 0.3) is 0 Å². The molecule has 3 heteroatoms. The summed E-state index contributed by atoms with van der Waals surface area (Å²) in [5.74, 6) is 3.61. The molecule has 1 N–H and O–H groups in total. The molecule has 4 fully saturated rings. The van der Waals surface area contributed by atoms with Gasteiger partial charge in [-0.2, -0.15) is 0 Å². The molecule has 148 valence electrons. The van der Waals surface area contributed by atoms with E-state index < -0.39 is 0 Å². The van der Waals surface area contributed by atoms with Gasteiger partial charge in [-0.05, 0) is 105 Å². The van der Waals surface area contributed by atoms with E-state index in [4.69, 9.17) is 4.74 Å². The summed E-state index contributed by atoms with van der Waals surface area (Å²) in [5, 5.41) is 10.4. The van der Waals surface area contributed by atoms with E-state index in [0.717, 1.165) is 36.5 Å². The highest BCUT2D eigenvalue weighted by atomic mass is 16.5. The minimum Gasteiger partial charge on any atom is -0.463 e. The number of fused-ring (bicyclic) bond motifs is 5. The lowest BCUT2D eigenvalue weighted by Gasteiger charge is -2.61. The minimum absolute atomic E-state index is 0.115. The van der Waals surface area contributed by atoms with Gasteiger partial charge in [0.2, 0.25) is 0 Å². The van der Waals surface area contributed by atoms with E-state index in [1.54, 1.807) is 6.92 Å². The maximum atomic E-state index is 11.4. The van der Waals surface area contributed by atoms with Crippen molar-refractivity contribution in [3.63, 3.8) is 0 Å². The van der Waals surface area contributed by atoms with Gasteiger partial charge in [-0.1, -0.05) is 13.8 Å². The van der Waals surface area contributed by atoms with Gasteiger partial charge in [0.25, 0.3) is 0 Å². The van der Waals surface area contributed by atoms with Gasteiger partial charge in [-0.25, -0.2) is 0 Å². The number of aliphatic hydroxyl groups excluding tert-OH is 1. The maximum absolute atomic E-state index is 11.4. The number of carbonyl (C=O) groups excluding carboxylic acids is 1. The lowest BCUT2D eigenvalue weighted by atomic mass is 9.44. The fourth-order valence-electron chi connectivity index (χ4n) is 8.39. The van der Waals surface area contributed by atoms with E-state index in [-0.39, 0.29) is 18.2 Å². The van der Waals surface area contributed by atoms with Crippen LogP contribution >= 0.6 is 0 Å². The van der Waals surface area contributed by atoms with Crippen LogP contribution < -0.4 is 0 Å². The molecule has 0 amide bonds. The van der Waals surface area contributed by atoms with Gasteiger partial charge in [0.05, 0.1) is 6.10 Å². The molecular formula is C23H38O3. The summed E-state index contributed by atoms with van der Waals surface area (Å²) in [5.41, 5.74) is 0.789. The van der Waals surface area contributed by atoms with Crippen LogP contribution in [-0.4, -0.2) is 23.3 Å². The predicted octanol–water partition coefficient (Wildman–Crippen LogP) is 4.96. The average molecular weight is 363 g/mol. The van der Waals surface area contributed by atoms with Gasteiger partial charge in [0, 0.05) is 6.92 Å². The first-order valence-corrected chi connectivity index (χ1v) is 11.1. The first-order valence-electron chi connectivity index (χ1n) is 11.1. The second-order valence-corrected chi connectivity index (χ2v) is 10.6. The summed E-state index contributed by atoms with van der Waals surface area (Å²) in [6, 6.07) is 0. The third-order valence-electron chi connectivity index (χ3n) is 9.61. The molecule has 0 radical (unpaired) electrons. The smallest absolute Gasteiger partial charge is 0.302 e. The minimum atomic E-state index is -0.160. The van der Waals surface area contributed by atoms with E-state index in [2.05, 4.69) is 13.8 Å². The summed E-state index contributed by atoms with van der Waals surface area (Å²) >= 11 is 0. The maximum Gasteiger partial charge on any atom is 0.302 e. The Kier molecular flexibility index (Phi) is 4.69. The molecule has 4 aliphatic carbocycles. The Bertz CT molecular complexity index is 558. The molecule has 0 heterocycles. The number of rotatable bonds is 2. The Labute approximate surface area is 159 Å². The molecule has 8 unspecified atom stereocenters. The van der Waals surface area contributed by atoms with Crippen LogP contribution in [0.5, 0.6) is 0 Å². The van der Waals surface area contributed by atoms with Crippen molar-refractivity contribution in [3.8, 4) is 0 Å². The lowest BCUT2D eigenvalue weighted by Crippen LogP contribution is -2.54. The number of ether oxygens (including phenoxy) is 1. The van der Waals surface area contributed by atoms with Crippen LogP contribution in [0, 0.1) is 40.4 Å². The van der Waals surface area contributed by atoms with Gasteiger partial charge < -0.3 is 9.84 Å². The zero-order chi connectivity index (χ0) is 18.7. The van der Waals surface area contributed by atoms with E-state index in [0.29, 0.717) is 16.7 Å². The number of esters is 1. The van der Waals surface area contributed by atoms with Crippen molar-refractivity contribution in [1.82, 2.24) is 0 Å². The average Bonchev–Trinajstić information content (AvgIpc) is 2.92. The third kappa shape index (κ3) is 2.75. The first-order chi connectivity index (χ1) is 12.3. The second-order valence-electron chi connectivity index (χ2n) is 10.6. The zero-order valence-corrected chi connectivity index (χ0v) is 17.2. The Morgan fingerprint density at radius 2 is 1.69 bits per heavy atom. The Morgan fingerprint density at radius 3 is 2.38 bits per heavy atom. The fourth-order valence-corrected chi connectivity index (χ4v) is 8.39. The van der Waals surface area contributed by atoms with Crippen LogP contribution in [0.3, 0.4) is 0 Å². The second kappa shape index (κ2) is 6.50. The molecule has 0 aliphatic heterocycles. The molecular weight excluding hydrogens is 324 g/mol. The molecule has 3 nitrogen and oxygen atoms in total. The Morgan fingerprint density at radius 1 is 1.00 bits per heavy atom. The fraction of sp³-hybridized carbons (Fsp3) is 0.957. The van der Waals surface area contributed by atoms with Crippen molar-refractivity contribution in [2.75, 3.05) is 0 Å². The molecule has 4 saturated carbocycles. The van der Waals surface area contributed by atoms with Gasteiger partial charge in [-0.15, -0.1) is 0 Å². The molecule has 9 atom stereocenters. The molecule has 26 heavy (non-hydrogen) atoms. The monoisotopic (exact) mass is 362 g/mol. The highest BCUT2D eigenvalue weighted by Crippen LogP contribution is 2.67. The van der Waals surface area contributed by atoms with Crippen LogP contribution in [0.4, 0.5) is 0 Å². The van der Waals surface area contributed by atoms with Crippen molar-refractivity contribution < 1.29 is 14.6 Å². The van der Waals surface area contributed by atoms with Crippen molar-refractivity contribution in [2.45, 2.75) is 97.7 Å². The van der Waals surface area contributed by atoms with Gasteiger partial charge in [0.1, 0.15) is 6.10 Å². The molecule has 0 aromatic carbocycles. The predicted molar refractivity (Wildman–Crippen MR) is 102 cm³/mol.